The van der Waals surface area contributed by atoms with E-state index in [1.54, 1.807) is 13.3 Å². The summed E-state index contributed by atoms with van der Waals surface area (Å²) in [4.78, 5) is 11.4. The highest BCUT2D eigenvalue weighted by Crippen LogP contribution is 2.51. The number of amides is 1. The van der Waals surface area contributed by atoms with E-state index in [1.165, 1.54) is 0 Å². The lowest BCUT2D eigenvalue weighted by atomic mass is 9.92. The Kier molecular flexibility index (Phi) is 3.73. The average molecular weight is 247 g/mol. The quantitative estimate of drug-likeness (QED) is 0.763. The first-order valence-electron chi connectivity index (χ1n) is 5.62. The van der Waals surface area contributed by atoms with Crippen LogP contribution in [-0.4, -0.2) is 36.7 Å². The second-order valence-electron chi connectivity index (χ2n) is 5.90. The van der Waals surface area contributed by atoms with E-state index in [9.17, 15) is 9.36 Å². The molecule has 1 saturated carbocycles. The van der Waals surface area contributed by atoms with Gasteiger partial charge in [-0.25, -0.2) is 4.79 Å². The number of hydrogen-bond donors (Lipinski definition) is 1. The zero-order valence-corrected chi connectivity index (χ0v) is 11.6. The second kappa shape index (κ2) is 4.40. The van der Waals surface area contributed by atoms with Crippen molar-refractivity contribution >= 4 is 13.2 Å². The van der Waals surface area contributed by atoms with Gasteiger partial charge in [0.05, 0.1) is 7.14 Å². The van der Waals surface area contributed by atoms with E-state index < -0.39 is 12.7 Å². The number of hydrogen-bond acceptors (Lipinski definition) is 3. The maximum atomic E-state index is 11.7. The van der Waals surface area contributed by atoms with Gasteiger partial charge in [0.1, 0.15) is 5.60 Å². The summed E-state index contributed by atoms with van der Waals surface area (Å²) >= 11 is 0. The first kappa shape index (κ1) is 13.6. The Bertz CT molecular complexity index is 310. The van der Waals surface area contributed by atoms with Crippen LogP contribution >= 0.6 is 7.14 Å². The van der Waals surface area contributed by atoms with Gasteiger partial charge in [-0.3, -0.25) is 0 Å². The third-order valence-corrected chi connectivity index (χ3v) is 4.89. The molecular formula is C11H22NO3P. The molecule has 0 spiro atoms. The third kappa shape index (κ3) is 4.17. The SMILES string of the molecule is CC(C)(C)OC(=O)NC1CC(P(C)(C)=O)C1. The van der Waals surface area contributed by atoms with Crippen LogP contribution in [0.2, 0.25) is 0 Å². The zero-order valence-electron chi connectivity index (χ0n) is 10.7. The smallest absolute Gasteiger partial charge is 0.407 e. The minimum Gasteiger partial charge on any atom is -0.444 e. The topological polar surface area (TPSA) is 55.4 Å². The van der Waals surface area contributed by atoms with Gasteiger partial charge in [-0.05, 0) is 46.9 Å². The van der Waals surface area contributed by atoms with E-state index in [2.05, 4.69) is 5.32 Å². The van der Waals surface area contributed by atoms with Crippen molar-refractivity contribution in [3.63, 3.8) is 0 Å². The van der Waals surface area contributed by atoms with Gasteiger partial charge in [0.15, 0.2) is 0 Å². The number of ether oxygens (including phenoxy) is 1. The van der Waals surface area contributed by atoms with Gasteiger partial charge >= 0.3 is 6.09 Å². The van der Waals surface area contributed by atoms with Crippen molar-refractivity contribution in [1.82, 2.24) is 5.32 Å². The summed E-state index contributed by atoms with van der Waals surface area (Å²) in [6, 6.07) is 0.132. The summed E-state index contributed by atoms with van der Waals surface area (Å²) in [5.74, 6) is 0. The molecule has 0 unspecified atom stereocenters. The maximum absolute atomic E-state index is 11.7. The standard InChI is InChI=1S/C11H22NO3P/c1-11(2,3)15-10(13)12-8-6-9(7-8)16(4,5)14/h8-9H,6-7H2,1-5H3,(H,12,13). The van der Waals surface area contributed by atoms with E-state index in [0.717, 1.165) is 12.8 Å². The molecule has 1 aliphatic carbocycles. The fraction of sp³-hybridized carbons (Fsp3) is 0.909. The molecule has 0 aromatic heterocycles. The Morgan fingerprint density at radius 2 is 1.81 bits per heavy atom. The predicted molar refractivity (Wildman–Crippen MR) is 65.6 cm³/mol. The molecule has 0 heterocycles. The van der Waals surface area contributed by atoms with E-state index in [0.29, 0.717) is 0 Å². The van der Waals surface area contributed by atoms with Crippen LogP contribution in [0.4, 0.5) is 4.79 Å². The molecule has 0 bridgehead atoms. The fourth-order valence-corrected chi connectivity index (χ4v) is 3.21. The van der Waals surface area contributed by atoms with Gasteiger partial charge in [-0.15, -0.1) is 0 Å². The molecule has 0 radical (unpaired) electrons. The van der Waals surface area contributed by atoms with Gasteiger partial charge in [0.2, 0.25) is 0 Å². The number of rotatable bonds is 2. The van der Waals surface area contributed by atoms with Crippen LogP contribution in [-0.2, 0) is 9.30 Å². The molecule has 0 aromatic rings. The van der Waals surface area contributed by atoms with Crippen molar-refractivity contribution in [2.24, 2.45) is 0 Å². The second-order valence-corrected chi connectivity index (χ2v) is 9.50. The molecule has 0 atom stereocenters. The highest BCUT2D eigenvalue weighted by Gasteiger charge is 2.38. The summed E-state index contributed by atoms with van der Waals surface area (Å²) in [5, 5.41) is 2.79. The molecule has 1 N–H and O–H groups in total. The molecule has 0 aromatic carbocycles. The molecule has 1 fully saturated rings. The largest absolute Gasteiger partial charge is 0.444 e. The Morgan fingerprint density at radius 1 is 1.31 bits per heavy atom. The molecule has 1 amide bonds. The lowest BCUT2D eigenvalue weighted by Crippen LogP contribution is -2.48. The van der Waals surface area contributed by atoms with Crippen LogP contribution in [0.1, 0.15) is 33.6 Å². The molecule has 0 aliphatic heterocycles. The van der Waals surface area contributed by atoms with Crippen molar-refractivity contribution in [2.75, 3.05) is 13.3 Å². The van der Waals surface area contributed by atoms with Crippen molar-refractivity contribution in [3.05, 3.63) is 0 Å². The highest BCUT2D eigenvalue weighted by molar-refractivity contribution is 7.63. The van der Waals surface area contributed by atoms with E-state index >= 15 is 0 Å². The summed E-state index contributed by atoms with van der Waals surface area (Å²) in [5.41, 5.74) is -0.190. The van der Waals surface area contributed by atoms with Gasteiger partial charge in [-0.1, -0.05) is 0 Å². The van der Waals surface area contributed by atoms with Crippen molar-refractivity contribution in [3.8, 4) is 0 Å². The van der Waals surface area contributed by atoms with Gasteiger partial charge in [0, 0.05) is 11.7 Å². The molecule has 5 heteroatoms. The van der Waals surface area contributed by atoms with E-state index in [1.807, 2.05) is 20.8 Å². The molecule has 4 nitrogen and oxygen atoms in total. The van der Waals surface area contributed by atoms with Crippen LogP contribution in [0.3, 0.4) is 0 Å². The summed E-state index contributed by atoms with van der Waals surface area (Å²) < 4.78 is 16.9. The normalized spacial score (nSPS) is 25.8. The minimum atomic E-state index is -1.98. The first-order chi connectivity index (χ1) is 7.08. The van der Waals surface area contributed by atoms with Gasteiger partial charge in [-0.2, -0.15) is 0 Å². The van der Waals surface area contributed by atoms with Crippen LogP contribution in [0.5, 0.6) is 0 Å². The first-order valence-corrected chi connectivity index (χ1v) is 8.29. The Morgan fingerprint density at radius 3 is 2.19 bits per heavy atom. The van der Waals surface area contributed by atoms with Crippen LogP contribution < -0.4 is 5.32 Å². The minimum absolute atomic E-state index is 0.132. The van der Waals surface area contributed by atoms with E-state index in [4.69, 9.17) is 4.74 Å². The number of carbonyl (C=O) groups excluding carboxylic acids is 1. The van der Waals surface area contributed by atoms with Crippen LogP contribution in [0.25, 0.3) is 0 Å². The lowest BCUT2D eigenvalue weighted by Gasteiger charge is -2.38. The molecule has 16 heavy (non-hydrogen) atoms. The summed E-state index contributed by atoms with van der Waals surface area (Å²) in [7, 11) is -1.98. The van der Waals surface area contributed by atoms with Crippen molar-refractivity contribution < 1.29 is 14.1 Å². The highest BCUT2D eigenvalue weighted by atomic mass is 31.2. The van der Waals surface area contributed by atoms with Crippen molar-refractivity contribution in [1.29, 1.82) is 0 Å². The fourth-order valence-electron chi connectivity index (χ4n) is 1.69. The Hall–Kier alpha value is -0.500. The van der Waals surface area contributed by atoms with Crippen LogP contribution in [0, 0.1) is 0 Å². The predicted octanol–water partition coefficient (Wildman–Crippen LogP) is 2.66. The Balaban J connectivity index is 2.28. The summed E-state index contributed by atoms with van der Waals surface area (Å²) in [6.07, 6.45) is 1.24. The zero-order chi connectivity index (χ0) is 12.6. The monoisotopic (exact) mass is 247 g/mol. The molecule has 94 valence electrons. The van der Waals surface area contributed by atoms with Gasteiger partial charge in [0.25, 0.3) is 0 Å². The molecular weight excluding hydrogens is 225 g/mol. The third-order valence-electron chi connectivity index (χ3n) is 2.71. The molecule has 1 rings (SSSR count). The summed E-state index contributed by atoms with van der Waals surface area (Å²) in [6.45, 7) is 9.12. The van der Waals surface area contributed by atoms with E-state index in [-0.39, 0.29) is 17.8 Å². The number of nitrogens with one attached hydrogen (secondary N) is 1. The molecule has 0 saturated heterocycles. The van der Waals surface area contributed by atoms with Crippen molar-refractivity contribution in [2.45, 2.75) is 50.9 Å². The van der Waals surface area contributed by atoms with Gasteiger partial charge < -0.3 is 14.6 Å². The number of carbonyl (C=O) groups is 1. The average Bonchev–Trinajstić information content (AvgIpc) is 1.89. The number of alkyl carbamates (subject to hydrolysis) is 1. The maximum Gasteiger partial charge on any atom is 0.407 e. The Labute approximate surface area is 97.5 Å². The van der Waals surface area contributed by atoms with Crippen LogP contribution in [0.15, 0.2) is 0 Å². The molecule has 1 aliphatic rings. The lowest BCUT2D eigenvalue weighted by molar-refractivity contribution is 0.0481.